The van der Waals surface area contributed by atoms with Crippen molar-refractivity contribution in [3.63, 3.8) is 0 Å². The summed E-state index contributed by atoms with van der Waals surface area (Å²) in [4.78, 5) is 48.2. The Kier molecular flexibility index (Phi) is 7.79. The largest absolute Gasteiger partial charge is 0.449 e. The number of carbonyl (C=O) groups excluding carboxylic acids is 3. The van der Waals surface area contributed by atoms with Gasteiger partial charge in [0.05, 0.1) is 23.2 Å². The normalized spacial score (nSPS) is 17.8. The maximum absolute atomic E-state index is 13.6. The molecule has 188 valence electrons. The number of aromatic nitrogens is 1. The van der Waals surface area contributed by atoms with E-state index >= 15 is 0 Å². The molecule has 0 spiro atoms. The SMILES string of the molecule is CCCOC(=O)N1CCN(C(=O)c2ccc3c(Cl)c4c(nc3c2)CCCC4)C(CC(=O)N(C)C)C1. The number of nitrogens with zero attached hydrogens (tertiary/aromatic N) is 4. The molecule has 1 unspecified atom stereocenters. The summed E-state index contributed by atoms with van der Waals surface area (Å²) in [5.74, 6) is -0.282. The maximum atomic E-state index is 13.6. The molecule has 1 aromatic heterocycles. The summed E-state index contributed by atoms with van der Waals surface area (Å²) in [6, 6.07) is 4.99. The van der Waals surface area contributed by atoms with Crippen LogP contribution in [0.2, 0.25) is 5.02 Å². The summed E-state index contributed by atoms with van der Waals surface area (Å²) in [5, 5.41) is 1.59. The van der Waals surface area contributed by atoms with Gasteiger partial charge in [0.15, 0.2) is 0 Å². The van der Waals surface area contributed by atoms with Crippen LogP contribution in [-0.2, 0) is 22.4 Å². The second-order valence-electron chi connectivity index (χ2n) is 9.50. The van der Waals surface area contributed by atoms with E-state index < -0.39 is 12.1 Å². The van der Waals surface area contributed by atoms with Crippen LogP contribution in [0, 0.1) is 0 Å². The Bertz CT molecular complexity index is 1140. The lowest BCUT2D eigenvalue weighted by molar-refractivity contribution is -0.130. The quantitative estimate of drug-likeness (QED) is 0.621. The average Bonchev–Trinajstić information content (AvgIpc) is 2.86. The topological polar surface area (TPSA) is 83.0 Å². The van der Waals surface area contributed by atoms with E-state index in [4.69, 9.17) is 21.3 Å². The van der Waals surface area contributed by atoms with Crippen LogP contribution in [0.5, 0.6) is 0 Å². The first-order valence-corrected chi connectivity index (χ1v) is 12.7. The van der Waals surface area contributed by atoms with E-state index in [0.717, 1.165) is 53.8 Å². The molecule has 1 fully saturated rings. The Labute approximate surface area is 211 Å². The number of ether oxygens (including phenoxy) is 1. The highest BCUT2D eigenvalue weighted by molar-refractivity contribution is 6.36. The predicted octanol–water partition coefficient (Wildman–Crippen LogP) is 3.92. The summed E-state index contributed by atoms with van der Waals surface area (Å²) < 4.78 is 5.28. The van der Waals surface area contributed by atoms with Crippen molar-refractivity contribution < 1.29 is 19.1 Å². The summed E-state index contributed by atoms with van der Waals surface area (Å²) in [7, 11) is 3.37. The first-order valence-electron chi connectivity index (χ1n) is 12.3. The second-order valence-corrected chi connectivity index (χ2v) is 9.87. The van der Waals surface area contributed by atoms with E-state index in [1.54, 1.807) is 36.0 Å². The number of benzene rings is 1. The van der Waals surface area contributed by atoms with Gasteiger partial charge in [0, 0.05) is 56.8 Å². The lowest BCUT2D eigenvalue weighted by atomic mass is 9.94. The number of rotatable bonds is 5. The fourth-order valence-corrected chi connectivity index (χ4v) is 5.16. The van der Waals surface area contributed by atoms with Gasteiger partial charge in [0.1, 0.15) is 0 Å². The van der Waals surface area contributed by atoms with Crippen LogP contribution in [0.3, 0.4) is 0 Å². The van der Waals surface area contributed by atoms with Gasteiger partial charge in [-0.25, -0.2) is 4.79 Å². The van der Waals surface area contributed by atoms with Crippen molar-refractivity contribution in [3.05, 3.63) is 40.0 Å². The van der Waals surface area contributed by atoms with Crippen LogP contribution in [0.1, 0.15) is 54.2 Å². The predicted molar refractivity (Wildman–Crippen MR) is 135 cm³/mol. The lowest BCUT2D eigenvalue weighted by Gasteiger charge is -2.41. The summed E-state index contributed by atoms with van der Waals surface area (Å²) in [6.07, 6.45) is 4.49. The first-order chi connectivity index (χ1) is 16.8. The van der Waals surface area contributed by atoms with Crippen LogP contribution in [0.25, 0.3) is 10.9 Å². The van der Waals surface area contributed by atoms with Crippen molar-refractivity contribution in [2.45, 2.75) is 51.5 Å². The molecule has 2 aromatic rings. The lowest BCUT2D eigenvalue weighted by Crippen LogP contribution is -2.57. The van der Waals surface area contributed by atoms with Crippen molar-refractivity contribution in [1.82, 2.24) is 19.7 Å². The zero-order valence-electron chi connectivity index (χ0n) is 20.7. The van der Waals surface area contributed by atoms with E-state index in [2.05, 4.69) is 0 Å². The number of aryl methyl sites for hydroxylation is 1. The molecular weight excluding hydrogens is 468 g/mol. The van der Waals surface area contributed by atoms with E-state index in [-0.39, 0.29) is 24.8 Å². The third-order valence-corrected chi connectivity index (χ3v) is 7.21. The highest BCUT2D eigenvalue weighted by Gasteiger charge is 2.35. The molecule has 35 heavy (non-hydrogen) atoms. The van der Waals surface area contributed by atoms with Gasteiger partial charge in [-0.1, -0.05) is 24.6 Å². The molecular formula is C26H33ClN4O4. The third kappa shape index (κ3) is 5.37. The average molecular weight is 501 g/mol. The highest BCUT2D eigenvalue weighted by atomic mass is 35.5. The molecule has 3 amide bonds. The molecule has 0 saturated carbocycles. The van der Waals surface area contributed by atoms with Crippen molar-refractivity contribution in [2.24, 2.45) is 0 Å². The molecule has 1 aromatic carbocycles. The molecule has 2 heterocycles. The molecule has 1 saturated heterocycles. The van der Waals surface area contributed by atoms with Crippen molar-refractivity contribution in [2.75, 3.05) is 40.3 Å². The maximum Gasteiger partial charge on any atom is 0.409 e. The zero-order valence-corrected chi connectivity index (χ0v) is 21.4. The third-order valence-electron chi connectivity index (χ3n) is 6.78. The van der Waals surface area contributed by atoms with Crippen molar-refractivity contribution >= 4 is 40.4 Å². The van der Waals surface area contributed by atoms with Gasteiger partial charge < -0.3 is 19.4 Å². The molecule has 2 aliphatic rings. The van der Waals surface area contributed by atoms with Gasteiger partial charge in [-0.05, 0) is 49.8 Å². The number of carbonyl (C=O) groups is 3. The minimum atomic E-state index is -0.448. The fraction of sp³-hybridized carbons (Fsp3) is 0.538. The van der Waals surface area contributed by atoms with E-state index in [9.17, 15) is 14.4 Å². The Morgan fingerprint density at radius 2 is 1.94 bits per heavy atom. The number of halogens is 1. The van der Waals surface area contributed by atoms with E-state index in [1.807, 2.05) is 13.0 Å². The van der Waals surface area contributed by atoms with Crippen LogP contribution < -0.4 is 0 Å². The van der Waals surface area contributed by atoms with Crippen molar-refractivity contribution in [1.29, 1.82) is 0 Å². The Balaban J connectivity index is 1.60. The number of hydrogen-bond acceptors (Lipinski definition) is 5. The Morgan fingerprint density at radius 1 is 1.17 bits per heavy atom. The van der Waals surface area contributed by atoms with E-state index in [0.29, 0.717) is 30.8 Å². The minimum Gasteiger partial charge on any atom is -0.449 e. The Morgan fingerprint density at radius 3 is 2.69 bits per heavy atom. The van der Waals surface area contributed by atoms with E-state index in [1.165, 1.54) is 4.90 Å². The second kappa shape index (κ2) is 10.8. The van der Waals surface area contributed by atoms with Gasteiger partial charge in [-0.3, -0.25) is 14.6 Å². The number of fused-ring (bicyclic) bond motifs is 2. The summed E-state index contributed by atoms with van der Waals surface area (Å²) >= 11 is 6.71. The molecule has 8 nitrogen and oxygen atoms in total. The van der Waals surface area contributed by atoms with Gasteiger partial charge in [0.2, 0.25) is 5.91 Å². The Hall–Kier alpha value is -2.87. The van der Waals surface area contributed by atoms with Crippen molar-refractivity contribution in [3.8, 4) is 0 Å². The molecule has 1 aliphatic carbocycles. The molecule has 0 bridgehead atoms. The summed E-state index contributed by atoms with van der Waals surface area (Å²) in [5.41, 5.74) is 3.36. The number of hydrogen-bond donors (Lipinski definition) is 0. The number of piperazine rings is 1. The van der Waals surface area contributed by atoms with Gasteiger partial charge >= 0.3 is 6.09 Å². The summed E-state index contributed by atoms with van der Waals surface area (Å²) in [6.45, 7) is 3.20. The zero-order chi connectivity index (χ0) is 25.1. The molecule has 0 N–H and O–H groups in total. The number of amides is 3. The van der Waals surface area contributed by atoms with Crippen LogP contribution in [-0.4, -0.2) is 84.0 Å². The minimum absolute atomic E-state index is 0.102. The fourth-order valence-electron chi connectivity index (χ4n) is 4.79. The molecule has 4 rings (SSSR count). The molecule has 0 radical (unpaired) electrons. The molecule has 9 heteroatoms. The van der Waals surface area contributed by atoms with Gasteiger partial charge in [-0.15, -0.1) is 0 Å². The van der Waals surface area contributed by atoms with Crippen LogP contribution >= 0.6 is 11.6 Å². The van der Waals surface area contributed by atoms with Crippen LogP contribution in [0.15, 0.2) is 18.2 Å². The monoisotopic (exact) mass is 500 g/mol. The highest BCUT2D eigenvalue weighted by Crippen LogP contribution is 2.33. The molecule has 1 aliphatic heterocycles. The first kappa shape index (κ1) is 25.2. The smallest absolute Gasteiger partial charge is 0.409 e. The van der Waals surface area contributed by atoms with Crippen LogP contribution in [0.4, 0.5) is 4.79 Å². The van der Waals surface area contributed by atoms with Gasteiger partial charge in [0.25, 0.3) is 5.91 Å². The molecule has 1 atom stereocenters. The number of pyridine rings is 1. The van der Waals surface area contributed by atoms with Gasteiger partial charge in [-0.2, -0.15) is 0 Å². The standard InChI is InChI=1S/C26H33ClN4O4/c1-4-13-35-26(34)30-11-12-31(18(16-30)15-23(32)29(2)3)25(33)17-9-10-20-22(14-17)28-21-8-6-5-7-19(21)24(20)27/h9-10,14,18H,4-8,11-13,15-16H2,1-3H3.